The number of carbonyl (C=O) groups excluding carboxylic acids is 2. The molecule has 6 heteroatoms. The Bertz CT molecular complexity index is 1070. The van der Waals surface area contributed by atoms with Gasteiger partial charge in [-0.05, 0) is 37.4 Å². The summed E-state index contributed by atoms with van der Waals surface area (Å²) in [6.45, 7) is 4.04. The first-order valence-electron chi connectivity index (χ1n) is 10.3. The second kappa shape index (κ2) is 8.32. The second-order valence-electron chi connectivity index (χ2n) is 7.73. The van der Waals surface area contributed by atoms with Gasteiger partial charge in [-0.3, -0.25) is 9.69 Å². The molecule has 2 heterocycles. The molecule has 3 aromatic rings. The number of carbonyl (C=O) groups is 2. The molecule has 0 aliphatic carbocycles. The van der Waals surface area contributed by atoms with Gasteiger partial charge >= 0.3 is 5.97 Å². The van der Waals surface area contributed by atoms with Crippen molar-refractivity contribution in [2.75, 3.05) is 27.2 Å². The standard InChI is InChI=1S/C24H27N3O3/c1-4-26(2)22(16-8-6-5-7-9-16)23(28)27-13-12-21-19(15-27)18-14-17(24(29)30-3)10-11-20(18)25-21/h5-11,14,22,25H,4,12-13,15H2,1-3H3. The number of nitrogens with zero attached hydrogens (tertiary/aromatic N) is 2. The molecule has 6 nitrogen and oxygen atoms in total. The van der Waals surface area contributed by atoms with Crippen molar-refractivity contribution >= 4 is 22.8 Å². The molecular weight excluding hydrogens is 378 g/mol. The molecule has 1 aromatic heterocycles. The van der Waals surface area contributed by atoms with Crippen LogP contribution in [0.1, 0.15) is 40.1 Å². The van der Waals surface area contributed by atoms with Gasteiger partial charge in [0.1, 0.15) is 6.04 Å². The van der Waals surface area contributed by atoms with Crippen LogP contribution in [0, 0.1) is 0 Å². The number of aromatic nitrogens is 1. The molecule has 0 bridgehead atoms. The number of aromatic amines is 1. The number of fused-ring (bicyclic) bond motifs is 3. The van der Waals surface area contributed by atoms with Crippen LogP contribution >= 0.6 is 0 Å². The molecule has 1 aliphatic heterocycles. The highest BCUT2D eigenvalue weighted by Gasteiger charge is 2.32. The van der Waals surface area contributed by atoms with Crippen LogP contribution in [0.2, 0.25) is 0 Å². The molecule has 1 atom stereocenters. The lowest BCUT2D eigenvalue weighted by atomic mass is 10.00. The average Bonchev–Trinajstić information content (AvgIpc) is 3.16. The third kappa shape index (κ3) is 3.59. The summed E-state index contributed by atoms with van der Waals surface area (Å²) in [5.74, 6) is -0.251. The number of likely N-dealkylation sites (N-methyl/N-ethyl adjacent to an activating group) is 1. The van der Waals surface area contributed by atoms with Crippen molar-refractivity contribution < 1.29 is 14.3 Å². The van der Waals surface area contributed by atoms with Crippen molar-refractivity contribution in [3.05, 3.63) is 70.9 Å². The first-order chi connectivity index (χ1) is 14.5. The number of hydrogen-bond acceptors (Lipinski definition) is 4. The lowest BCUT2D eigenvalue weighted by Gasteiger charge is -2.34. The van der Waals surface area contributed by atoms with Gasteiger partial charge in [-0.1, -0.05) is 37.3 Å². The van der Waals surface area contributed by atoms with Crippen LogP contribution in [0.15, 0.2) is 48.5 Å². The number of benzene rings is 2. The first-order valence-corrected chi connectivity index (χ1v) is 10.3. The lowest BCUT2D eigenvalue weighted by molar-refractivity contribution is -0.137. The Morgan fingerprint density at radius 1 is 1.20 bits per heavy atom. The van der Waals surface area contributed by atoms with Gasteiger partial charge in [0.2, 0.25) is 5.91 Å². The van der Waals surface area contributed by atoms with Crippen LogP contribution in [-0.4, -0.2) is 53.9 Å². The summed E-state index contributed by atoms with van der Waals surface area (Å²) in [6.07, 6.45) is 0.765. The Morgan fingerprint density at radius 3 is 2.67 bits per heavy atom. The van der Waals surface area contributed by atoms with E-state index in [1.807, 2.05) is 54.4 Å². The van der Waals surface area contributed by atoms with Gasteiger partial charge in [-0.2, -0.15) is 0 Å². The fourth-order valence-corrected chi connectivity index (χ4v) is 4.22. The van der Waals surface area contributed by atoms with E-state index in [9.17, 15) is 9.59 Å². The zero-order valence-electron chi connectivity index (χ0n) is 17.6. The predicted molar refractivity (Wildman–Crippen MR) is 116 cm³/mol. The predicted octanol–water partition coefficient (Wildman–Crippen LogP) is 3.53. The highest BCUT2D eigenvalue weighted by Crippen LogP contribution is 2.31. The molecule has 0 spiro atoms. The summed E-state index contributed by atoms with van der Waals surface area (Å²) in [7, 11) is 3.37. The minimum Gasteiger partial charge on any atom is -0.465 e. The summed E-state index contributed by atoms with van der Waals surface area (Å²) < 4.78 is 4.87. The maximum absolute atomic E-state index is 13.6. The molecule has 1 amide bonds. The van der Waals surface area contributed by atoms with Crippen LogP contribution < -0.4 is 0 Å². The Labute approximate surface area is 176 Å². The molecule has 156 valence electrons. The van der Waals surface area contributed by atoms with E-state index in [1.165, 1.54) is 7.11 Å². The van der Waals surface area contributed by atoms with Gasteiger partial charge in [0.25, 0.3) is 0 Å². The molecule has 1 unspecified atom stereocenters. The summed E-state index contributed by atoms with van der Waals surface area (Å²) in [6, 6.07) is 15.2. The molecule has 30 heavy (non-hydrogen) atoms. The number of amides is 1. The van der Waals surface area contributed by atoms with Crippen molar-refractivity contribution in [3.8, 4) is 0 Å². The Hall–Kier alpha value is -3.12. The normalized spacial score (nSPS) is 14.6. The van der Waals surface area contributed by atoms with E-state index < -0.39 is 0 Å². The highest BCUT2D eigenvalue weighted by molar-refractivity contribution is 5.96. The van der Waals surface area contributed by atoms with Crippen molar-refractivity contribution in [1.82, 2.24) is 14.8 Å². The van der Waals surface area contributed by atoms with Gasteiger partial charge in [-0.15, -0.1) is 0 Å². The number of hydrogen-bond donors (Lipinski definition) is 1. The van der Waals surface area contributed by atoms with E-state index in [1.54, 1.807) is 6.07 Å². The highest BCUT2D eigenvalue weighted by atomic mass is 16.5. The minimum absolute atomic E-state index is 0.106. The molecule has 1 N–H and O–H groups in total. The molecule has 1 aliphatic rings. The summed E-state index contributed by atoms with van der Waals surface area (Å²) in [4.78, 5) is 33.0. The van der Waals surface area contributed by atoms with Crippen molar-refractivity contribution in [2.24, 2.45) is 0 Å². The zero-order valence-corrected chi connectivity index (χ0v) is 17.6. The van der Waals surface area contributed by atoms with E-state index in [0.29, 0.717) is 18.7 Å². The fourth-order valence-electron chi connectivity index (χ4n) is 4.22. The van der Waals surface area contributed by atoms with Crippen molar-refractivity contribution in [3.63, 3.8) is 0 Å². The van der Waals surface area contributed by atoms with Crippen LogP contribution in [0.3, 0.4) is 0 Å². The number of ether oxygens (including phenoxy) is 1. The maximum Gasteiger partial charge on any atom is 0.337 e. The summed E-state index contributed by atoms with van der Waals surface area (Å²) >= 11 is 0. The number of rotatable bonds is 5. The van der Waals surface area contributed by atoms with E-state index >= 15 is 0 Å². The Balaban J connectivity index is 1.67. The quantitative estimate of drug-likeness (QED) is 0.660. The molecule has 0 saturated heterocycles. The SMILES string of the molecule is CCN(C)C(C(=O)N1CCc2[nH]c3ccc(C(=O)OC)cc3c2C1)c1ccccc1. The maximum atomic E-state index is 13.6. The molecular formula is C24H27N3O3. The second-order valence-corrected chi connectivity index (χ2v) is 7.73. The van der Waals surface area contributed by atoms with E-state index in [4.69, 9.17) is 4.74 Å². The zero-order chi connectivity index (χ0) is 21.3. The topological polar surface area (TPSA) is 65.6 Å². The van der Waals surface area contributed by atoms with Crippen LogP contribution in [0.4, 0.5) is 0 Å². The molecule has 0 fully saturated rings. The third-order valence-electron chi connectivity index (χ3n) is 6.00. The van der Waals surface area contributed by atoms with E-state index in [-0.39, 0.29) is 17.9 Å². The lowest BCUT2D eigenvalue weighted by Crippen LogP contribution is -2.43. The summed E-state index contributed by atoms with van der Waals surface area (Å²) in [5.41, 5.74) is 4.72. The van der Waals surface area contributed by atoms with Gasteiger partial charge in [0, 0.05) is 41.7 Å². The number of H-pyrrole nitrogens is 1. The largest absolute Gasteiger partial charge is 0.465 e. The number of methoxy groups -OCH3 is 1. The van der Waals surface area contributed by atoms with Gasteiger partial charge in [0.15, 0.2) is 0 Å². The Kier molecular flexibility index (Phi) is 5.59. The van der Waals surface area contributed by atoms with Gasteiger partial charge in [-0.25, -0.2) is 4.79 Å². The van der Waals surface area contributed by atoms with Crippen molar-refractivity contribution in [2.45, 2.75) is 25.9 Å². The number of esters is 1. The van der Waals surface area contributed by atoms with E-state index in [0.717, 1.165) is 40.7 Å². The smallest absolute Gasteiger partial charge is 0.337 e. The monoisotopic (exact) mass is 405 g/mol. The van der Waals surface area contributed by atoms with Crippen LogP contribution in [-0.2, 0) is 22.5 Å². The number of nitrogens with one attached hydrogen (secondary N) is 1. The molecule has 2 aromatic carbocycles. The minimum atomic E-state index is -0.357. The van der Waals surface area contributed by atoms with Gasteiger partial charge in [0.05, 0.1) is 12.7 Å². The van der Waals surface area contributed by atoms with Gasteiger partial charge < -0.3 is 14.6 Å². The molecule has 0 radical (unpaired) electrons. The molecule has 4 rings (SSSR count). The fraction of sp³-hybridized carbons (Fsp3) is 0.333. The Morgan fingerprint density at radius 2 is 1.97 bits per heavy atom. The first kappa shape index (κ1) is 20.2. The van der Waals surface area contributed by atoms with Crippen LogP contribution in [0.25, 0.3) is 10.9 Å². The third-order valence-corrected chi connectivity index (χ3v) is 6.00. The summed E-state index contributed by atoms with van der Waals surface area (Å²) in [5, 5.41) is 0.977. The average molecular weight is 405 g/mol. The van der Waals surface area contributed by atoms with Crippen molar-refractivity contribution in [1.29, 1.82) is 0 Å². The van der Waals surface area contributed by atoms with Crippen LogP contribution in [0.5, 0.6) is 0 Å². The molecule has 0 saturated carbocycles. The van der Waals surface area contributed by atoms with E-state index in [2.05, 4.69) is 16.8 Å².